The number of carbonyl (C=O) groups is 3. The molecule has 0 radical (unpaired) electrons. The molecule has 0 amide bonds. The summed E-state index contributed by atoms with van der Waals surface area (Å²) in [5.41, 5.74) is 4.76. The molecule has 3 aliphatic rings. The Hall–Kier alpha value is -3.35. The number of hydrogen-bond acceptors (Lipinski definition) is 6. The van der Waals surface area contributed by atoms with Crippen LogP contribution < -0.4 is 9.47 Å². The minimum absolute atomic E-state index is 0.0311. The third-order valence-corrected chi connectivity index (χ3v) is 7.08. The molecule has 0 fully saturated rings. The summed E-state index contributed by atoms with van der Waals surface area (Å²) in [7, 11) is 0. The zero-order valence-corrected chi connectivity index (χ0v) is 21.2. The monoisotopic (exact) mass is 493 g/mol. The first kappa shape index (κ1) is 25.7. The fourth-order valence-electron chi connectivity index (χ4n) is 5.76. The third kappa shape index (κ3) is 4.84. The van der Waals surface area contributed by atoms with Gasteiger partial charge in [-0.25, -0.2) is 0 Å². The summed E-state index contributed by atoms with van der Waals surface area (Å²) in [5, 5.41) is 9.38. The van der Waals surface area contributed by atoms with Crippen molar-refractivity contribution in [3.8, 4) is 11.5 Å². The van der Waals surface area contributed by atoms with Gasteiger partial charge in [-0.3, -0.25) is 14.4 Å². The number of carboxylic acid groups (broad SMARTS) is 1. The Balaban J connectivity index is 1.96. The topological polar surface area (TPSA) is 93.1 Å². The van der Waals surface area contributed by atoms with Crippen LogP contribution in [0.1, 0.15) is 75.8 Å². The molecule has 1 N–H and O–H groups in total. The van der Waals surface area contributed by atoms with Crippen molar-refractivity contribution in [2.45, 2.75) is 71.1 Å². The lowest BCUT2D eigenvalue weighted by atomic mass is 9.70. The van der Waals surface area contributed by atoms with Crippen LogP contribution in [0.25, 0.3) is 0 Å². The predicted octanol–water partition coefficient (Wildman–Crippen LogP) is 5.10. The second-order valence-electron chi connectivity index (χ2n) is 9.37. The average Bonchev–Trinajstić information content (AvgIpc) is 2.84. The van der Waals surface area contributed by atoms with Crippen molar-refractivity contribution >= 4 is 17.5 Å². The highest BCUT2D eigenvalue weighted by molar-refractivity contribution is 6.06. The van der Waals surface area contributed by atoms with E-state index in [0.29, 0.717) is 68.0 Å². The number of hydrogen-bond donors (Lipinski definition) is 1. The van der Waals surface area contributed by atoms with Crippen molar-refractivity contribution < 1.29 is 29.0 Å². The Labute approximate surface area is 212 Å². The van der Waals surface area contributed by atoms with Gasteiger partial charge in [0.15, 0.2) is 23.1 Å². The van der Waals surface area contributed by atoms with Crippen LogP contribution in [0.2, 0.25) is 0 Å². The average molecular weight is 494 g/mol. The van der Waals surface area contributed by atoms with Gasteiger partial charge in [0.25, 0.3) is 0 Å². The van der Waals surface area contributed by atoms with E-state index in [4.69, 9.17) is 9.47 Å². The molecule has 1 aromatic carbocycles. The van der Waals surface area contributed by atoms with Crippen molar-refractivity contribution in [2.75, 3.05) is 19.8 Å². The molecule has 36 heavy (non-hydrogen) atoms. The third-order valence-electron chi connectivity index (χ3n) is 7.08. The lowest BCUT2D eigenvalue weighted by molar-refractivity contribution is -0.137. The second kappa shape index (κ2) is 11.1. The van der Waals surface area contributed by atoms with E-state index in [1.54, 1.807) is 6.08 Å². The largest absolute Gasteiger partial charge is 0.490 e. The number of aliphatic carboxylic acids is 1. The molecule has 1 heterocycles. The summed E-state index contributed by atoms with van der Waals surface area (Å²) >= 11 is 0. The van der Waals surface area contributed by atoms with Gasteiger partial charge >= 0.3 is 5.97 Å². The summed E-state index contributed by atoms with van der Waals surface area (Å²) in [6, 6.07) is 3.93. The van der Waals surface area contributed by atoms with E-state index in [9.17, 15) is 19.5 Å². The zero-order valence-electron chi connectivity index (χ0n) is 21.2. The number of rotatable bonds is 10. The van der Waals surface area contributed by atoms with Gasteiger partial charge in [-0.2, -0.15) is 0 Å². The standard InChI is InChI=1S/C29H35NO6/c1-4-9-18-16-19(17-24(35-5-2)29(18)36-6-3)26-27-20(10-7-12-22(27)31)30(15-14-25(33)34)21-11-8-13-23(32)28(21)26/h4,16-17,26H,1,5-15H2,2-3H3,(H,33,34). The Kier molecular flexibility index (Phi) is 7.97. The Morgan fingerprint density at radius 2 is 1.64 bits per heavy atom. The summed E-state index contributed by atoms with van der Waals surface area (Å²) in [4.78, 5) is 40.3. The molecule has 4 rings (SSSR count). The molecule has 192 valence electrons. The van der Waals surface area contributed by atoms with E-state index >= 15 is 0 Å². The molecular weight excluding hydrogens is 458 g/mol. The number of benzene rings is 1. The van der Waals surface area contributed by atoms with Gasteiger partial charge in [0.1, 0.15) is 0 Å². The van der Waals surface area contributed by atoms with Crippen LogP contribution >= 0.6 is 0 Å². The smallest absolute Gasteiger partial charge is 0.305 e. The Bertz CT molecular complexity index is 1100. The van der Waals surface area contributed by atoms with Crippen molar-refractivity contribution in [1.82, 2.24) is 4.90 Å². The molecule has 7 nitrogen and oxygen atoms in total. The van der Waals surface area contributed by atoms with Crippen molar-refractivity contribution in [3.63, 3.8) is 0 Å². The number of nitrogens with zero attached hydrogens (tertiary/aromatic N) is 1. The van der Waals surface area contributed by atoms with Gasteiger partial charge in [-0.15, -0.1) is 6.58 Å². The maximum absolute atomic E-state index is 13.5. The van der Waals surface area contributed by atoms with Crippen LogP contribution in [0.15, 0.2) is 47.3 Å². The highest BCUT2D eigenvalue weighted by atomic mass is 16.5. The number of ketones is 2. The maximum Gasteiger partial charge on any atom is 0.305 e. The van der Waals surface area contributed by atoms with Crippen LogP contribution in [-0.2, 0) is 20.8 Å². The van der Waals surface area contributed by atoms with Crippen LogP contribution in [0.3, 0.4) is 0 Å². The molecule has 1 aromatic rings. The van der Waals surface area contributed by atoms with E-state index in [-0.39, 0.29) is 24.5 Å². The van der Waals surface area contributed by atoms with E-state index < -0.39 is 11.9 Å². The quantitative estimate of drug-likeness (QED) is 0.453. The molecule has 0 aromatic heterocycles. The van der Waals surface area contributed by atoms with Crippen LogP contribution in [-0.4, -0.2) is 47.3 Å². The van der Waals surface area contributed by atoms with E-state index in [1.165, 1.54) is 0 Å². The number of Topliss-reactive ketones (excluding diaryl/α,β-unsaturated/α-hetero) is 2. The summed E-state index contributed by atoms with van der Waals surface area (Å²) in [5.74, 6) is -0.0666. The zero-order chi connectivity index (χ0) is 25.8. The highest BCUT2D eigenvalue weighted by Crippen LogP contribution is 2.50. The first-order chi connectivity index (χ1) is 17.4. The fourth-order valence-corrected chi connectivity index (χ4v) is 5.76. The SMILES string of the molecule is C=CCc1cc(C2C3=C(CCCC3=O)N(CCC(=O)O)C3=C2C(=O)CCC3)cc(OCC)c1OCC. The van der Waals surface area contributed by atoms with Gasteiger partial charge in [0, 0.05) is 53.4 Å². The van der Waals surface area contributed by atoms with E-state index in [1.807, 2.05) is 30.9 Å². The van der Waals surface area contributed by atoms with Gasteiger partial charge < -0.3 is 19.5 Å². The molecule has 7 heteroatoms. The molecule has 0 unspecified atom stereocenters. The molecule has 1 aliphatic heterocycles. The highest BCUT2D eigenvalue weighted by Gasteiger charge is 2.43. The molecule has 0 spiro atoms. The van der Waals surface area contributed by atoms with Gasteiger partial charge in [0.05, 0.1) is 19.6 Å². The van der Waals surface area contributed by atoms with Crippen molar-refractivity contribution in [3.05, 3.63) is 58.5 Å². The normalized spacial score (nSPS) is 18.2. The molecular formula is C29H35NO6. The minimum Gasteiger partial charge on any atom is -0.490 e. The Morgan fingerprint density at radius 3 is 2.17 bits per heavy atom. The number of carbonyl (C=O) groups excluding carboxylic acids is 2. The molecule has 0 saturated heterocycles. The second-order valence-corrected chi connectivity index (χ2v) is 9.37. The Morgan fingerprint density at radius 1 is 1.03 bits per heavy atom. The van der Waals surface area contributed by atoms with E-state index in [0.717, 1.165) is 35.4 Å². The predicted molar refractivity (Wildman–Crippen MR) is 136 cm³/mol. The summed E-state index contributed by atoms with van der Waals surface area (Å²) in [6.07, 6.45) is 5.98. The van der Waals surface area contributed by atoms with Gasteiger partial charge in [0.2, 0.25) is 0 Å². The molecule has 0 bridgehead atoms. The first-order valence-corrected chi connectivity index (χ1v) is 13.0. The lowest BCUT2D eigenvalue weighted by Crippen LogP contribution is -2.40. The number of allylic oxidation sites excluding steroid dienone is 5. The minimum atomic E-state index is -0.896. The maximum atomic E-state index is 13.5. The number of carboxylic acids is 1. The molecule has 2 aliphatic carbocycles. The van der Waals surface area contributed by atoms with Crippen LogP contribution in [0.5, 0.6) is 11.5 Å². The summed E-state index contributed by atoms with van der Waals surface area (Å²) < 4.78 is 11.9. The molecule has 0 saturated carbocycles. The first-order valence-electron chi connectivity index (χ1n) is 13.0. The van der Waals surface area contributed by atoms with E-state index in [2.05, 4.69) is 6.58 Å². The van der Waals surface area contributed by atoms with Crippen LogP contribution in [0, 0.1) is 0 Å². The summed E-state index contributed by atoms with van der Waals surface area (Å²) in [6.45, 7) is 8.91. The fraction of sp³-hybridized carbons (Fsp3) is 0.483. The lowest BCUT2D eigenvalue weighted by Gasteiger charge is -2.44. The van der Waals surface area contributed by atoms with Gasteiger partial charge in [-0.1, -0.05) is 12.1 Å². The van der Waals surface area contributed by atoms with Crippen molar-refractivity contribution in [1.29, 1.82) is 0 Å². The van der Waals surface area contributed by atoms with Crippen molar-refractivity contribution in [2.24, 2.45) is 0 Å². The number of ether oxygens (including phenoxy) is 2. The van der Waals surface area contributed by atoms with Gasteiger partial charge in [-0.05, 0) is 57.6 Å². The van der Waals surface area contributed by atoms with Crippen LogP contribution in [0.4, 0.5) is 0 Å². The molecule has 0 atom stereocenters.